The van der Waals surface area contributed by atoms with Crippen molar-refractivity contribution in [2.45, 2.75) is 65.7 Å². The Bertz CT molecular complexity index is 1310. The van der Waals surface area contributed by atoms with Crippen LogP contribution in [0.25, 0.3) is 16.9 Å². The molecule has 0 bridgehead atoms. The van der Waals surface area contributed by atoms with Crippen molar-refractivity contribution in [3.05, 3.63) is 53.3 Å². The number of aromatic nitrogens is 2. The lowest BCUT2D eigenvalue weighted by Gasteiger charge is -2.28. The molecule has 200 valence electrons. The molecule has 0 atom stereocenters. The number of esters is 1. The highest BCUT2D eigenvalue weighted by Crippen LogP contribution is 2.33. The summed E-state index contributed by atoms with van der Waals surface area (Å²) < 4.78 is 51.6. The molecule has 0 aliphatic heterocycles. The molecule has 0 radical (unpaired) electrons. The molecule has 0 aliphatic rings. The Balaban J connectivity index is 2.20. The van der Waals surface area contributed by atoms with Crippen LogP contribution in [-0.4, -0.2) is 46.9 Å². The number of imidazole rings is 1. The number of carbonyl (C=O) groups is 2. The molecule has 0 unspecified atom stereocenters. The Hall–Kier alpha value is -3.56. The van der Waals surface area contributed by atoms with Crippen LogP contribution in [0.3, 0.4) is 0 Å². The van der Waals surface area contributed by atoms with Crippen molar-refractivity contribution in [3.63, 3.8) is 0 Å². The summed E-state index contributed by atoms with van der Waals surface area (Å²) in [5.74, 6) is -0.450. The largest absolute Gasteiger partial charge is 0.465 e. The van der Waals surface area contributed by atoms with E-state index in [1.807, 2.05) is 26.1 Å². The molecule has 1 aromatic carbocycles. The number of alkyl halides is 3. The number of anilines is 1. The second kappa shape index (κ2) is 10.4. The number of aryl methyl sites for hydroxylation is 1. The highest BCUT2D eigenvalue weighted by Gasteiger charge is 2.33. The highest BCUT2D eigenvalue weighted by molar-refractivity contribution is 5.94. The molecule has 0 saturated carbocycles. The molecule has 0 fully saturated rings. The molecular weight excluding hydrogens is 487 g/mol. The van der Waals surface area contributed by atoms with Crippen LogP contribution in [0.15, 0.2) is 36.7 Å². The standard InChI is InChI=1S/C27H32F3N3O4/c1-16(2)19-13-21(32(11-10-27(28,29)30)25(35)37-26(4,5)6)23-31-14-22(33(23)15-19)18-8-9-20(17(3)12-18)24(34)36-7/h8-9,12-16H,10-11H2,1-7H3. The molecule has 2 aromatic heterocycles. The fourth-order valence-electron chi connectivity index (χ4n) is 3.85. The molecular formula is C27H32F3N3O4. The van der Waals surface area contributed by atoms with Crippen LogP contribution in [0.1, 0.15) is 68.4 Å². The molecule has 1 amide bonds. The summed E-state index contributed by atoms with van der Waals surface area (Å²) in [6, 6.07) is 6.90. The number of amides is 1. The minimum atomic E-state index is -4.47. The second-order valence-electron chi connectivity index (χ2n) is 10.2. The van der Waals surface area contributed by atoms with E-state index in [1.165, 1.54) is 7.11 Å². The van der Waals surface area contributed by atoms with Crippen molar-refractivity contribution in [2.24, 2.45) is 0 Å². The zero-order chi connectivity index (χ0) is 27.7. The fourth-order valence-corrected chi connectivity index (χ4v) is 3.85. The first kappa shape index (κ1) is 28.0. The summed E-state index contributed by atoms with van der Waals surface area (Å²) in [6.45, 7) is 10.0. The molecule has 2 heterocycles. The van der Waals surface area contributed by atoms with E-state index < -0.39 is 36.8 Å². The maximum Gasteiger partial charge on any atom is 0.414 e. The van der Waals surface area contributed by atoms with Gasteiger partial charge in [-0.05, 0) is 62.9 Å². The van der Waals surface area contributed by atoms with E-state index >= 15 is 0 Å². The van der Waals surface area contributed by atoms with Crippen LogP contribution in [0.2, 0.25) is 0 Å². The lowest BCUT2D eigenvalue weighted by Crippen LogP contribution is -2.39. The van der Waals surface area contributed by atoms with E-state index in [-0.39, 0.29) is 11.6 Å². The smallest absolute Gasteiger partial charge is 0.414 e. The number of ether oxygens (including phenoxy) is 2. The van der Waals surface area contributed by atoms with E-state index in [2.05, 4.69) is 4.98 Å². The van der Waals surface area contributed by atoms with Crippen molar-refractivity contribution >= 4 is 23.4 Å². The van der Waals surface area contributed by atoms with Crippen molar-refractivity contribution in [1.29, 1.82) is 0 Å². The lowest BCUT2D eigenvalue weighted by atomic mass is 10.0. The van der Waals surface area contributed by atoms with E-state index in [0.717, 1.165) is 16.0 Å². The number of benzene rings is 1. The third-order valence-electron chi connectivity index (χ3n) is 5.73. The number of hydrogen-bond acceptors (Lipinski definition) is 5. The van der Waals surface area contributed by atoms with Gasteiger partial charge in [-0.15, -0.1) is 0 Å². The Labute approximate surface area is 214 Å². The minimum Gasteiger partial charge on any atom is -0.465 e. The van der Waals surface area contributed by atoms with E-state index in [4.69, 9.17) is 9.47 Å². The van der Waals surface area contributed by atoms with Gasteiger partial charge in [0, 0.05) is 18.3 Å². The topological polar surface area (TPSA) is 73.1 Å². The molecule has 0 spiro atoms. The van der Waals surface area contributed by atoms with Gasteiger partial charge >= 0.3 is 18.2 Å². The maximum atomic E-state index is 13.2. The van der Waals surface area contributed by atoms with E-state index in [0.29, 0.717) is 22.5 Å². The average molecular weight is 520 g/mol. The number of halogens is 3. The molecule has 3 aromatic rings. The zero-order valence-corrected chi connectivity index (χ0v) is 22.1. The molecule has 0 aliphatic carbocycles. The normalized spacial score (nSPS) is 12.2. The van der Waals surface area contributed by atoms with Crippen molar-refractivity contribution < 1.29 is 32.2 Å². The number of fused-ring (bicyclic) bond motifs is 1. The third kappa shape index (κ3) is 6.61. The van der Waals surface area contributed by atoms with E-state index in [9.17, 15) is 22.8 Å². The summed E-state index contributed by atoms with van der Waals surface area (Å²) in [6.07, 6.45) is -3.11. The summed E-state index contributed by atoms with van der Waals surface area (Å²) >= 11 is 0. The number of methoxy groups -OCH3 is 1. The summed E-state index contributed by atoms with van der Waals surface area (Å²) in [7, 11) is 1.31. The maximum absolute atomic E-state index is 13.2. The molecule has 3 rings (SSSR count). The zero-order valence-electron chi connectivity index (χ0n) is 22.1. The number of hydrogen-bond donors (Lipinski definition) is 0. The van der Waals surface area contributed by atoms with Crippen LogP contribution < -0.4 is 4.90 Å². The first-order chi connectivity index (χ1) is 17.1. The molecule has 7 nitrogen and oxygen atoms in total. The minimum absolute atomic E-state index is 0.00457. The van der Waals surface area contributed by atoms with Crippen molar-refractivity contribution in [1.82, 2.24) is 9.38 Å². The van der Waals surface area contributed by atoms with Gasteiger partial charge < -0.3 is 9.47 Å². The predicted molar refractivity (Wildman–Crippen MR) is 135 cm³/mol. The Morgan fingerprint density at radius 2 is 1.81 bits per heavy atom. The molecule has 0 saturated heterocycles. The average Bonchev–Trinajstić information content (AvgIpc) is 3.20. The van der Waals surface area contributed by atoms with Gasteiger partial charge in [-0.2, -0.15) is 13.2 Å². The van der Waals surface area contributed by atoms with Gasteiger partial charge in [-0.3, -0.25) is 9.30 Å². The van der Waals surface area contributed by atoms with Crippen LogP contribution >= 0.6 is 0 Å². The predicted octanol–water partition coefficient (Wildman–Crippen LogP) is 6.91. The molecule has 37 heavy (non-hydrogen) atoms. The summed E-state index contributed by atoms with van der Waals surface area (Å²) in [4.78, 5) is 30.6. The van der Waals surface area contributed by atoms with Crippen LogP contribution in [-0.2, 0) is 9.47 Å². The van der Waals surface area contributed by atoms with Gasteiger partial charge in [-0.1, -0.05) is 19.9 Å². The number of carbonyl (C=O) groups excluding carboxylic acids is 2. The molecule has 0 N–H and O–H groups in total. The Kier molecular flexibility index (Phi) is 7.90. The summed E-state index contributed by atoms with van der Waals surface area (Å²) in [5.41, 5.74) is 2.93. The van der Waals surface area contributed by atoms with Crippen LogP contribution in [0.5, 0.6) is 0 Å². The Morgan fingerprint density at radius 1 is 1.14 bits per heavy atom. The monoisotopic (exact) mass is 519 g/mol. The van der Waals surface area contributed by atoms with Gasteiger partial charge in [0.1, 0.15) is 5.60 Å². The first-order valence-electron chi connectivity index (χ1n) is 11.9. The van der Waals surface area contributed by atoms with Gasteiger partial charge in [0.25, 0.3) is 0 Å². The number of pyridine rings is 1. The Morgan fingerprint density at radius 3 is 2.35 bits per heavy atom. The van der Waals surface area contributed by atoms with Crippen molar-refractivity contribution in [2.75, 3.05) is 18.6 Å². The first-order valence-corrected chi connectivity index (χ1v) is 11.9. The van der Waals surface area contributed by atoms with Gasteiger partial charge in [0.2, 0.25) is 0 Å². The van der Waals surface area contributed by atoms with Gasteiger partial charge in [-0.25, -0.2) is 14.6 Å². The number of rotatable bonds is 6. The van der Waals surface area contributed by atoms with Crippen LogP contribution in [0.4, 0.5) is 23.7 Å². The van der Waals surface area contributed by atoms with Gasteiger partial charge in [0.05, 0.1) is 36.7 Å². The fraction of sp³-hybridized carbons (Fsp3) is 0.444. The van der Waals surface area contributed by atoms with Gasteiger partial charge in [0.15, 0.2) is 5.65 Å². The van der Waals surface area contributed by atoms with Crippen molar-refractivity contribution in [3.8, 4) is 11.3 Å². The highest BCUT2D eigenvalue weighted by atomic mass is 19.4. The van der Waals surface area contributed by atoms with E-state index in [1.54, 1.807) is 56.5 Å². The SMILES string of the molecule is COC(=O)c1ccc(-c2cnc3c(N(CCC(F)(F)F)C(=O)OC(C)(C)C)cc(C(C)C)cn23)cc1C. The second-order valence-corrected chi connectivity index (χ2v) is 10.2. The third-order valence-corrected chi connectivity index (χ3v) is 5.73. The molecule has 10 heteroatoms. The van der Waals surface area contributed by atoms with Crippen LogP contribution in [0, 0.1) is 6.92 Å². The number of nitrogens with zero attached hydrogens (tertiary/aromatic N) is 3. The lowest BCUT2D eigenvalue weighted by molar-refractivity contribution is -0.132. The quantitative estimate of drug-likeness (QED) is 0.331. The summed E-state index contributed by atoms with van der Waals surface area (Å²) in [5, 5.41) is 0.